The van der Waals surface area contributed by atoms with Crippen molar-refractivity contribution in [1.29, 1.82) is 0 Å². The number of allylic oxidation sites excluding steroid dienone is 1. The van der Waals surface area contributed by atoms with Crippen LogP contribution < -0.4 is 14.4 Å². The molecule has 3 aliphatic heterocycles. The van der Waals surface area contributed by atoms with Crippen molar-refractivity contribution in [3.63, 3.8) is 0 Å². The summed E-state index contributed by atoms with van der Waals surface area (Å²) in [5.74, 6) is 0.548. The minimum atomic E-state index is -3.54. The van der Waals surface area contributed by atoms with Crippen LogP contribution in [0.25, 0.3) is 0 Å². The lowest BCUT2D eigenvalue weighted by Gasteiger charge is -2.46. The predicted molar refractivity (Wildman–Crippen MR) is 202 cm³/mol. The van der Waals surface area contributed by atoms with E-state index in [0.29, 0.717) is 63.3 Å². The van der Waals surface area contributed by atoms with E-state index in [4.69, 9.17) is 21.1 Å². The highest BCUT2D eigenvalue weighted by atomic mass is 35.5. The van der Waals surface area contributed by atoms with Crippen LogP contribution in [0.5, 0.6) is 5.75 Å². The molecule has 6 atom stereocenters. The molecule has 3 heterocycles. The molecule has 280 valence electrons. The zero-order valence-electron chi connectivity index (χ0n) is 30.4. The van der Waals surface area contributed by atoms with E-state index < -0.39 is 21.9 Å². The molecule has 0 aromatic heterocycles. The number of urea groups is 1. The summed E-state index contributed by atoms with van der Waals surface area (Å²) in [5.41, 5.74) is 3.36. The summed E-state index contributed by atoms with van der Waals surface area (Å²) >= 11 is 6.46. The average Bonchev–Trinajstić information content (AvgIpc) is 3.25. The van der Waals surface area contributed by atoms with Crippen LogP contribution >= 0.6 is 11.6 Å². The number of hydrogen-bond acceptors (Lipinski definition) is 7. The van der Waals surface area contributed by atoms with Gasteiger partial charge in [-0.05, 0) is 97.7 Å². The summed E-state index contributed by atoms with van der Waals surface area (Å²) in [7, 11) is -1.78. The molecule has 1 unspecified atom stereocenters. The summed E-state index contributed by atoms with van der Waals surface area (Å²) in [5, 5.41) is 0.735. The number of methoxy groups -OCH3 is 1. The normalized spacial score (nSPS) is 31.2. The largest absolute Gasteiger partial charge is 0.490 e. The summed E-state index contributed by atoms with van der Waals surface area (Å²) in [4.78, 5) is 44.9. The molecule has 1 saturated heterocycles. The molecule has 1 saturated carbocycles. The van der Waals surface area contributed by atoms with E-state index in [1.54, 1.807) is 18.1 Å². The van der Waals surface area contributed by atoms with Crippen LogP contribution in [0.15, 0.2) is 52.9 Å². The van der Waals surface area contributed by atoms with Crippen LogP contribution in [0.2, 0.25) is 5.02 Å². The number of ether oxygens (including phenoxy) is 2. The first-order valence-electron chi connectivity index (χ1n) is 18.6. The van der Waals surface area contributed by atoms with Gasteiger partial charge in [0.25, 0.3) is 5.91 Å². The molecule has 5 aliphatic rings. The number of nitrogens with one attached hydrogen (secondary N) is 1. The van der Waals surface area contributed by atoms with Crippen molar-refractivity contribution in [3.8, 4) is 5.75 Å². The molecule has 2 aromatic carbocycles. The molecule has 13 heteroatoms. The number of aryl methyl sites for hydroxylation is 1. The van der Waals surface area contributed by atoms with Gasteiger partial charge in [-0.2, -0.15) is 0 Å². The van der Waals surface area contributed by atoms with Crippen molar-refractivity contribution in [2.24, 2.45) is 22.1 Å². The second kappa shape index (κ2) is 15.0. The van der Waals surface area contributed by atoms with E-state index in [-0.39, 0.29) is 34.7 Å². The molecule has 52 heavy (non-hydrogen) atoms. The van der Waals surface area contributed by atoms with E-state index in [2.05, 4.69) is 38.3 Å². The highest BCUT2D eigenvalue weighted by Crippen LogP contribution is 2.47. The minimum Gasteiger partial charge on any atom is -0.490 e. The number of amides is 4. The first-order chi connectivity index (χ1) is 25.0. The Morgan fingerprint density at radius 3 is 2.62 bits per heavy atom. The molecule has 1 spiro atoms. The summed E-state index contributed by atoms with van der Waals surface area (Å²) in [6.45, 7) is 6.80. The second-order valence-corrected chi connectivity index (χ2v) is 17.8. The third kappa shape index (κ3) is 7.57. The molecule has 2 fully saturated rings. The van der Waals surface area contributed by atoms with Crippen LogP contribution in [0.1, 0.15) is 67.4 Å². The maximum atomic E-state index is 14.6. The second-order valence-electron chi connectivity index (χ2n) is 15.4. The maximum absolute atomic E-state index is 14.6. The first kappa shape index (κ1) is 36.7. The monoisotopic (exact) mass is 751 g/mol. The number of rotatable bonds is 2. The third-order valence-electron chi connectivity index (χ3n) is 11.8. The lowest BCUT2D eigenvalue weighted by atomic mass is 9.68. The third-order valence-corrected chi connectivity index (χ3v) is 14.0. The number of carbonyl (C=O) groups excluding carboxylic acids is 3. The van der Waals surface area contributed by atoms with Crippen LogP contribution in [-0.2, 0) is 31.3 Å². The molecular weight excluding hydrogens is 702 g/mol. The number of nitrogens with zero attached hydrogens (tertiary/aromatic N) is 4. The number of benzene rings is 2. The molecule has 7 rings (SSSR count). The number of carbonyl (C=O) groups is 3. The van der Waals surface area contributed by atoms with Gasteiger partial charge in [-0.3, -0.25) is 14.3 Å². The standard InChI is InChI=1S/C39H50ClN5O6S/c1-26-6-4-8-35(50-3)32-12-9-30(32)22-45-24-39(15-5-7-28-20-31(40)11-13-33(28)39)25-51-36-14-10-29(21-34(36)45)37(47)41-52(49,23-26)42-38(48)44-18-16-43(17-19-44)27(2)46/h4,8,10-11,13-14,20-21,26,30,32,35H,5-7,9,12,15-19,22-25H2,1-3H3,(H,41,42,47,48,49)/b8-4-/t26-,30-,32+,35-,39-,52?/m0/s1. The number of piperazine rings is 1. The van der Waals surface area contributed by atoms with E-state index in [1.165, 1.54) is 23.0 Å². The number of hydrogen-bond donors (Lipinski definition) is 1. The SMILES string of the molecule is CO[C@H]1/C=C\C[C@H](C)CS(=O)(NC(=O)N2CCN(C(C)=O)CC2)=NC(=O)c2ccc3c(c2)N(C[C@@H]2CC[C@H]21)C[C@@]1(CCCc2cc(Cl)ccc21)CO3. The Hall–Kier alpha value is -3.61. The molecule has 4 amide bonds. The topological polar surface area (TPSA) is 121 Å². The van der Waals surface area contributed by atoms with Crippen LogP contribution in [0.4, 0.5) is 10.5 Å². The Labute approximate surface area is 312 Å². The van der Waals surface area contributed by atoms with Crippen LogP contribution in [0.3, 0.4) is 0 Å². The molecule has 2 aliphatic carbocycles. The molecule has 0 radical (unpaired) electrons. The van der Waals surface area contributed by atoms with Crippen molar-refractivity contribution in [1.82, 2.24) is 14.5 Å². The van der Waals surface area contributed by atoms with Gasteiger partial charge in [0.1, 0.15) is 15.7 Å². The fraction of sp³-hybridized carbons (Fsp3) is 0.564. The van der Waals surface area contributed by atoms with Gasteiger partial charge in [0.2, 0.25) is 5.91 Å². The highest BCUT2D eigenvalue weighted by molar-refractivity contribution is 7.92. The quantitative estimate of drug-likeness (QED) is 0.383. The fourth-order valence-corrected chi connectivity index (χ4v) is 10.9. The molecule has 2 aromatic rings. The zero-order valence-corrected chi connectivity index (χ0v) is 31.9. The Morgan fingerprint density at radius 2 is 1.88 bits per heavy atom. The van der Waals surface area contributed by atoms with E-state index >= 15 is 0 Å². The van der Waals surface area contributed by atoms with E-state index in [0.717, 1.165) is 49.4 Å². The molecule has 1 N–H and O–H groups in total. The van der Waals surface area contributed by atoms with Gasteiger partial charge in [-0.1, -0.05) is 36.7 Å². The smallest absolute Gasteiger partial charge is 0.329 e. The number of anilines is 1. The lowest BCUT2D eigenvalue weighted by molar-refractivity contribution is -0.130. The summed E-state index contributed by atoms with van der Waals surface area (Å²) in [6, 6.07) is 11.0. The number of fused-ring (bicyclic) bond motifs is 4. The van der Waals surface area contributed by atoms with Crippen molar-refractivity contribution in [2.75, 3.05) is 63.6 Å². The van der Waals surface area contributed by atoms with Crippen molar-refractivity contribution in [3.05, 3.63) is 70.3 Å². The van der Waals surface area contributed by atoms with E-state index in [1.807, 2.05) is 25.1 Å². The van der Waals surface area contributed by atoms with Crippen molar-refractivity contribution >= 4 is 45.0 Å². The van der Waals surface area contributed by atoms with E-state index in [9.17, 15) is 18.6 Å². The Balaban J connectivity index is 1.26. The van der Waals surface area contributed by atoms with Gasteiger partial charge in [0.05, 0.1) is 24.2 Å². The van der Waals surface area contributed by atoms with Gasteiger partial charge in [0, 0.05) is 69.3 Å². The Morgan fingerprint density at radius 1 is 1.10 bits per heavy atom. The molecule has 2 bridgehead atoms. The first-order valence-corrected chi connectivity index (χ1v) is 20.6. The predicted octanol–water partition coefficient (Wildman–Crippen LogP) is 5.85. The van der Waals surface area contributed by atoms with Gasteiger partial charge in [0.15, 0.2) is 0 Å². The zero-order chi connectivity index (χ0) is 36.6. The summed E-state index contributed by atoms with van der Waals surface area (Å²) < 4.78 is 34.2. The molecular formula is C39H50ClN5O6S. The van der Waals surface area contributed by atoms with Crippen molar-refractivity contribution in [2.45, 2.75) is 63.9 Å². The number of halogens is 1. The van der Waals surface area contributed by atoms with Crippen LogP contribution in [0, 0.1) is 17.8 Å². The maximum Gasteiger partial charge on any atom is 0.329 e. The highest BCUT2D eigenvalue weighted by Gasteiger charge is 2.44. The lowest BCUT2D eigenvalue weighted by Crippen LogP contribution is -2.54. The Kier molecular flexibility index (Phi) is 10.6. The fourth-order valence-electron chi connectivity index (χ4n) is 8.79. The van der Waals surface area contributed by atoms with Crippen LogP contribution in [-0.4, -0.2) is 96.7 Å². The average molecular weight is 752 g/mol. The van der Waals surface area contributed by atoms with Gasteiger partial charge < -0.3 is 24.2 Å². The van der Waals surface area contributed by atoms with Crippen molar-refractivity contribution < 1.29 is 28.1 Å². The van der Waals surface area contributed by atoms with Gasteiger partial charge >= 0.3 is 6.03 Å². The molecule has 11 nitrogen and oxygen atoms in total. The van der Waals surface area contributed by atoms with Gasteiger partial charge in [-0.25, -0.2) is 9.00 Å². The minimum absolute atomic E-state index is 0.00193. The Bertz CT molecular complexity index is 1870. The van der Waals surface area contributed by atoms with Gasteiger partial charge in [-0.15, -0.1) is 4.36 Å². The summed E-state index contributed by atoms with van der Waals surface area (Å²) in [6.07, 6.45) is 9.82.